The van der Waals surface area contributed by atoms with Crippen molar-refractivity contribution in [3.8, 4) is 23.0 Å². The first kappa shape index (κ1) is 26.5. The molecular formula is C27H39ClN2O4. The zero-order chi connectivity index (χ0) is 23.5. The Morgan fingerprint density at radius 3 is 2.09 bits per heavy atom. The highest BCUT2D eigenvalue weighted by atomic mass is 35.5. The Morgan fingerprint density at radius 1 is 0.853 bits per heavy atom. The minimum absolute atomic E-state index is 0. The average molecular weight is 491 g/mol. The van der Waals surface area contributed by atoms with E-state index < -0.39 is 0 Å². The number of unbranched alkanes of at least 4 members (excludes halogenated alkanes) is 1. The Hall–Kier alpha value is -2.15. The van der Waals surface area contributed by atoms with Crippen LogP contribution in [-0.4, -0.2) is 52.5 Å². The summed E-state index contributed by atoms with van der Waals surface area (Å²) in [6, 6.07) is 11.1. The van der Waals surface area contributed by atoms with Crippen molar-refractivity contribution in [2.24, 2.45) is 11.7 Å². The highest BCUT2D eigenvalue weighted by Crippen LogP contribution is 2.48. The number of methoxy groups -OCH3 is 4. The number of benzene rings is 2. The minimum Gasteiger partial charge on any atom is -0.493 e. The first-order chi connectivity index (χ1) is 16.0. The second-order valence-corrected chi connectivity index (χ2v) is 9.27. The summed E-state index contributed by atoms with van der Waals surface area (Å²) in [4.78, 5) is 2.64. The van der Waals surface area contributed by atoms with Gasteiger partial charge < -0.3 is 24.7 Å². The minimum atomic E-state index is 0. The summed E-state index contributed by atoms with van der Waals surface area (Å²) in [5.74, 6) is 3.75. The normalized spacial score (nSPS) is 23.8. The fraction of sp³-hybridized carbons (Fsp3) is 0.556. The molecule has 0 aromatic heterocycles. The van der Waals surface area contributed by atoms with E-state index in [2.05, 4.69) is 36.1 Å². The number of rotatable bonds is 8. The van der Waals surface area contributed by atoms with Crippen LogP contribution in [0.15, 0.2) is 30.3 Å². The maximum Gasteiger partial charge on any atom is 0.161 e. The fourth-order valence-corrected chi connectivity index (χ4v) is 5.65. The summed E-state index contributed by atoms with van der Waals surface area (Å²) < 4.78 is 22.5. The van der Waals surface area contributed by atoms with Crippen molar-refractivity contribution in [2.45, 2.75) is 50.6 Å². The van der Waals surface area contributed by atoms with E-state index in [1.807, 2.05) is 6.07 Å². The standard InChI is InChI=1S/C27H38N2O4.ClH/c1-6-7-8-18-15-29-16-21(17-9-10-24(30-2)25(11-17)31-3)19-12-26(32-4)27(33-5)13-20(19)23(29)14-22(18)28;/h9-13,18,21-23H,6-8,14-16,28H2,1-5H3;1H/t18-,21+,22-,23-;/m1./s1. The molecule has 1 saturated heterocycles. The molecule has 2 aromatic carbocycles. The lowest BCUT2D eigenvalue weighted by atomic mass is 9.75. The molecule has 4 rings (SSSR count). The van der Waals surface area contributed by atoms with E-state index in [4.69, 9.17) is 24.7 Å². The van der Waals surface area contributed by atoms with E-state index in [1.165, 1.54) is 36.0 Å². The molecule has 2 N–H and O–H groups in total. The maximum atomic E-state index is 6.71. The van der Waals surface area contributed by atoms with Gasteiger partial charge in [0.1, 0.15) is 0 Å². The van der Waals surface area contributed by atoms with Crippen molar-refractivity contribution in [1.29, 1.82) is 0 Å². The molecule has 0 bridgehead atoms. The molecule has 0 amide bonds. The van der Waals surface area contributed by atoms with Crippen molar-refractivity contribution in [3.05, 3.63) is 47.0 Å². The second kappa shape index (κ2) is 11.5. The van der Waals surface area contributed by atoms with E-state index in [9.17, 15) is 0 Å². The van der Waals surface area contributed by atoms with Gasteiger partial charge in [0.15, 0.2) is 23.0 Å². The van der Waals surface area contributed by atoms with Crippen molar-refractivity contribution in [1.82, 2.24) is 4.90 Å². The molecule has 0 unspecified atom stereocenters. The van der Waals surface area contributed by atoms with Gasteiger partial charge in [-0.05, 0) is 59.7 Å². The molecular weight excluding hydrogens is 452 g/mol. The maximum absolute atomic E-state index is 6.71. The van der Waals surface area contributed by atoms with Crippen LogP contribution in [0.2, 0.25) is 0 Å². The number of hydrogen-bond donors (Lipinski definition) is 1. The van der Waals surface area contributed by atoms with Gasteiger partial charge in [0.05, 0.1) is 28.4 Å². The van der Waals surface area contributed by atoms with E-state index in [0.717, 1.165) is 42.5 Å². The number of fused-ring (bicyclic) bond motifs is 3. The smallest absolute Gasteiger partial charge is 0.161 e. The van der Waals surface area contributed by atoms with Crippen LogP contribution in [0.1, 0.15) is 61.3 Å². The SMILES string of the molecule is CCCC[C@@H]1CN2C[C@@H](c3ccc(OC)c(OC)c3)c3cc(OC)c(OC)cc3[C@H]2C[C@H]1N.Cl. The Kier molecular flexibility index (Phi) is 8.96. The van der Waals surface area contributed by atoms with Gasteiger partial charge in [0.2, 0.25) is 0 Å². The van der Waals surface area contributed by atoms with Crippen molar-refractivity contribution in [3.63, 3.8) is 0 Å². The molecule has 6 nitrogen and oxygen atoms in total. The summed E-state index contributed by atoms with van der Waals surface area (Å²) >= 11 is 0. The topological polar surface area (TPSA) is 66.2 Å². The van der Waals surface area contributed by atoms with E-state index >= 15 is 0 Å². The van der Waals surface area contributed by atoms with Gasteiger partial charge in [-0.25, -0.2) is 0 Å². The third-order valence-electron chi connectivity index (χ3n) is 7.49. The van der Waals surface area contributed by atoms with Gasteiger partial charge in [-0.1, -0.05) is 25.8 Å². The van der Waals surface area contributed by atoms with Gasteiger partial charge in [0, 0.05) is 31.1 Å². The van der Waals surface area contributed by atoms with Gasteiger partial charge >= 0.3 is 0 Å². The molecule has 0 spiro atoms. The zero-order valence-corrected chi connectivity index (χ0v) is 21.8. The van der Waals surface area contributed by atoms with Crippen LogP contribution in [0, 0.1) is 5.92 Å². The summed E-state index contributed by atoms with van der Waals surface area (Å²) in [6.07, 6.45) is 4.61. The molecule has 1 fully saturated rings. The molecule has 0 radical (unpaired) electrons. The molecule has 0 saturated carbocycles. The third kappa shape index (κ3) is 4.95. The zero-order valence-electron chi connectivity index (χ0n) is 21.0. The lowest BCUT2D eigenvalue weighted by molar-refractivity contribution is 0.0728. The van der Waals surface area contributed by atoms with Crippen LogP contribution >= 0.6 is 12.4 Å². The highest BCUT2D eigenvalue weighted by molar-refractivity contribution is 5.85. The Bertz CT molecular complexity index is 970. The molecule has 188 valence electrons. The summed E-state index contributed by atoms with van der Waals surface area (Å²) in [6.45, 7) is 4.22. The van der Waals surface area contributed by atoms with Crippen LogP contribution < -0.4 is 24.7 Å². The van der Waals surface area contributed by atoms with Crippen LogP contribution in [0.4, 0.5) is 0 Å². The molecule has 2 heterocycles. The number of nitrogens with zero attached hydrogens (tertiary/aromatic N) is 1. The number of piperidine rings is 1. The van der Waals surface area contributed by atoms with E-state index in [-0.39, 0.29) is 24.4 Å². The van der Waals surface area contributed by atoms with E-state index in [0.29, 0.717) is 12.0 Å². The molecule has 4 atom stereocenters. The van der Waals surface area contributed by atoms with Crippen LogP contribution in [-0.2, 0) is 0 Å². The molecule has 2 aliphatic heterocycles. The van der Waals surface area contributed by atoms with Gasteiger partial charge in [-0.15, -0.1) is 12.4 Å². The number of hydrogen-bond acceptors (Lipinski definition) is 6. The molecule has 2 aliphatic rings. The van der Waals surface area contributed by atoms with Crippen LogP contribution in [0.5, 0.6) is 23.0 Å². The quantitative estimate of drug-likeness (QED) is 0.550. The van der Waals surface area contributed by atoms with Gasteiger partial charge in [-0.2, -0.15) is 0 Å². The fourth-order valence-electron chi connectivity index (χ4n) is 5.65. The predicted octanol–water partition coefficient (Wildman–Crippen LogP) is 5.17. The molecule has 7 heteroatoms. The Balaban J connectivity index is 0.00000324. The summed E-state index contributed by atoms with van der Waals surface area (Å²) in [7, 11) is 6.75. The molecule has 0 aliphatic carbocycles. The largest absolute Gasteiger partial charge is 0.493 e. The second-order valence-electron chi connectivity index (χ2n) is 9.27. The van der Waals surface area contributed by atoms with Crippen LogP contribution in [0.3, 0.4) is 0 Å². The number of halogens is 1. The number of ether oxygens (including phenoxy) is 4. The van der Waals surface area contributed by atoms with Crippen molar-refractivity contribution in [2.75, 3.05) is 41.5 Å². The molecule has 2 aromatic rings. The Morgan fingerprint density at radius 2 is 1.47 bits per heavy atom. The van der Waals surface area contributed by atoms with Gasteiger partial charge in [0.25, 0.3) is 0 Å². The average Bonchev–Trinajstić information content (AvgIpc) is 2.85. The lowest BCUT2D eigenvalue weighted by Crippen LogP contribution is -2.51. The Labute approximate surface area is 210 Å². The molecule has 34 heavy (non-hydrogen) atoms. The lowest BCUT2D eigenvalue weighted by Gasteiger charge is -2.48. The predicted molar refractivity (Wildman–Crippen MR) is 138 cm³/mol. The van der Waals surface area contributed by atoms with Gasteiger partial charge in [-0.3, -0.25) is 4.90 Å². The summed E-state index contributed by atoms with van der Waals surface area (Å²) in [5.41, 5.74) is 10.5. The first-order valence-electron chi connectivity index (χ1n) is 12.0. The third-order valence-corrected chi connectivity index (χ3v) is 7.49. The highest BCUT2D eigenvalue weighted by Gasteiger charge is 2.41. The van der Waals surface area contributed by atoms with Crippen LogP contribution in [0.25, 0.3) is 0 Å². The summed E-state index contributed by atoms with van der Waals surface area (Å²) in [5, 5.41) is 0. The first-order valence-corrected chi connectivity index (χ1v) is 12.0. The monoisotopic (exact) mass is 490 g/mol. The van der Waals surface area contributed by atoms with E-state index in [1.54, 1.807) is 28.4 Å². The number of nitrogens with two attached hydrogens (primary N) is 1. The van der Waals surface area contributed by atoms with Crippen molar-refractivity contribution < 1.29 is 18.9 Å². The van der Waals surface area contributed by atoms with Crippen molar-refractivity contribution >= 4 is 12.4 Å².